The van der Waals surface area contributed by atoms with Crippen molar-refractivity contribution in [3.8, 4) is 5.75 Å². The molecule has 1 aromatic heterocycles. The minimum absolute atomic E-state index is 0.0382. The standard InChI is InChI=1S/C22H25ClN2O6/c1-3-13(19-11-20(27)24-31-19)10-21(28)25-12-17(26)6-4-14(22(25)29)8-15-9-16(23)5-7-18(15)30-2/h5,7,9,11,13-14H,3-4,6,8,10,12H2,1-2H3,(H,24,27). The van der Waals surface area contributed by atoms with E-state index in [0.29, 0.717) is 35.8 Å². The van der Waals surface area contributed by atoms with Crippen molar-refractivity contribution in [2.45, 2.75) is 44.9 Å². The third kappa shape index (κ3) is 5.44. The van der Waals surface area contributed by atoms with E-state index in [1.807, 2.05) is 6.92 Å². The second-order valence-corrected chi connectivity index (χ2v) is 8.11. The van der Waals surface area contributed by atoms with E-state index in [9.17, 15) is 19.2 Å². The molecule has 3 rings (SSSR count). The smallest absolute Gasteiger partial charge is 0.280 e. The van der Waals surface area contributed by atoms with Gasteiger partial charge in [0.25, 0.3) is 5.56 Å². The third-order valence-corrected chi connectivity index (χ3v) is 5.83. The van der Waals surface area contributed by atoms with Crippen LogP contribution in [0.15, 0.2) is 33.6 Å². The Bertz CT molecular complexity index is 1030. The van der Waals surface area contributed by atoms with Crippen LogP contribution in [0.5, 0.6) is 5.75 Å². The van der Waals surface area contributed by atoms with Crippen LogP contribution in [0.25, 0.3) is 0 Å². The summed E-state index contributed by atoms with van der Waals surface area (Å²) in [6.07, 6.45) is 1.37. The SMILES string of the molecule is CCC(CC(=O)N1CC(=O)CCC(Cc2cc(Cl)ccc2OC)C1=O)c1cc(=O)[nH]o1. The van der Waals surface area contributed by atoms with Gasteiger partial charge < -0.3 is 9.26 Å². The van der Waals surface area contributed by atoms with Crippen molar-refractivity contribution >= 4 is 29.2 Å². The molecule has 8 nitrogen and oxygen atoms in total. The summed E-state index contributed by atoms with van der Waals surface area (Å²) in [5.41, 5.74) is 0.355. The van der Waals surface area contributed by atoms with Crippen LogP contribution in [0, 0.1) is 5.92 Å². The fourth-order valence-electron chi connectivity index (χ4n) is 3.85. The van der Waals surface area contributed by atoms with E-state index in [1.165, 1.54) is 13.2 Å². The zero-order chi connectivity index (χ0) is 22.5. The van der Waals surface area contributed by atoms with Gasteiger partial charge in [-0.3, -0.25) is 24.1 Å². The summed E-state index contributed by atoms with van der Waals surface area (Å²) in [5, 5.41) is 2.73. The molecular weight excluding hydrogens is 424 g/mol. The van der Waals surface area contributed by atoms with Crippen LogP contribution in [0.3, 0.4) is 0 Å². The van der Waals surface area contributed by atoms with Gasteiger partial charge in [-0.15, -0.1) is 0 Å². The van der Waals surface area contributed by atoms with Crippen molar-refractivity contribution in [1.29, 1.82) is 0 Å². The number of halogens is 1. The molecule has 0 saturated carbocycles. The Labute approximate surface area is 184 Å². The molecule has 2 atom stereocenters. The number of aromatic nitrogens is 1. The largest absolute Gasteiger partial charge is 0.496 e. The Morgan fingerprint density at radius 1 is 1.32 bits per heavy atom. The quantitative estimate of drug-likeness (QED) is 0.697. The van der Waals surface area contributed by atoms with Crippen LogP contribution in [0.1, 0.15) is 49.8 Å². The minimum Gasteiger partial charge on any atom is -0.496 e. The van der Waals surface area contributed by atoms with Crippen LogP contribution in [-0.2, 0) is 20.8 Å². The van der Waals surface area contributed by atoms with Gasteiger partial charge >= 0.3 is 0 Å². The molecule has 2 heterocycles. The molecule has 166 valence electrons. The van der Waals surface area contributed by atoms with Gasteiger partial charge in [0, 0.05) is 35.8 Å². The number of ether oxygens (including phenoxy) is 1. The van der Waals surface area contributed by atoms with Crippen LogP contribution in [0.2, 0.25) is 5.02 Å². The van der Waals surface area contributed by atoms with Crippen LogP contribution < -0.4 is 10.3 Å². The zero-order valence-electron chi connectivity index (χ0n) is 17.5. The van der Waals surface area contributed by atoms with E-state index in [0.717, 1.165) is 10.5 Å². The first-order valence-electron chi connectivity index (χ1n) is 10.2. The normalized spacial score (nSPS) is 18.0. The fraction of sp³-hybridized carbons (Fsp3) is 0.455. The van der Waals surface area contributed by atoms with E-state index in [4.69, 9.17) is 20.9 Å². The lowest BCUT2D eigenvalue weighted by atomic mass is 9.93. The molecule has 1 aliphatic rings. The highest BCUT2D eigenvalue weighted by molar-refractivity contribution is 6.30. The lowest BCUT2D eigenvalue weighted by molar-refractivity contribution is -0.148. The molecule has 0 aliphatic carbocycles. The summed E-state index contributed by atoms with van der Waals surface area (Å²) in [4.78, 5) is 50.9. The Kier molecular flexibility index (Phi) is 7.33. The first-order valence-corrected chi connectivity index (χ1v) is 10.6. The number of methoxy groups -OCH3 is 1. The average Bonchev–Trinajstić information content (AvgIpc) is 3.12. The lowest BCUT2D eigenvalue weighted by Crippen LogP contribution is -2.42. The summed E-state index contributed by atoms with van der Waals surface area (Å²) in [5.74, 6) is -0.975. The van der Waals surface area contributed by atoms with E-state index < -0.39 is 17.4 Å². The molecule has 1 aliphatic heterocycles. The Hall–Kier alpha value is -2.87. The maximum Gasteiger partial charge on any atom is 0.280 e. The minimum atomic E-state index is -0.548. The monoisotopic (exact) mass is 448 g/mol. The summed E-state index contributed by atoms with van der Waals surface area (Å²) >= 11 is 6.10. The highest BCUT2D eigenvalue weighted by Crippen LogP contribution is 2.30. The molecule has 9 heteroatoms. The Morgan fingerprint density at radius 3 is 2.74 bits per heavy atom. The summed E-state index contributed by atoms with van der Waals surface area (Å²) in [6, 6.07) is 6.45. The van der Waals surface area contributed by atoms with Crippen molar-refractivity contribution in [3.63, 3.8) is 0 Å². The molecule has 2 aromatic rings. The summed E-state index contributed by atoms with van der Waals surface area (Å²) < 4.78 is 10.5. The highest BCUT2D eigenvalue weighted by atomic mass is 35.5. The van der Waals surface area contributed by atoms with Crippen molar-refractivity contribution in [1.82, 2.24) is 10.1 Å². The summed E-state index contributed by atoms with van der Waals surface area (Å²) in [7, 11) is 1.53. The number of ketones is 1. The van der Waals surface area contributed by atoms with Gasteiger partial charge in [0.15, 0.2) is 5.78 Å². The van der Waals surface area contributed by atoms with E-state index in [2.05, 4.69) is 5.16 Å². The molecular formula is C22H25ClN2O6. The third-order valence-electron chi connectivity index (χ3n) is 5.59. The molecule has 0 bridgehead atoms. The van der Waals surface area contributed by atoms with Gasteiger partial charge in [-0.05, 0) is 43.0 Å². The number of nitrogens with one attached hydrogen (secondary N) is 1. The molecule has 1 fully saturated rings. The van der Waals surface area contributed by atoms with Crippen molar-refractivity contribution in [2.24, 2.45) is 5.92 Å². The van der Waals surface area contributed by atoms with Crippen LogP contribution >= 0.6 is 11.6 Å². The number of Topliss-reactive ketones (excluding diaryl/α,β-unsaturated/α-hetero) is 1. The van der Waals surface area contributed by atoms with Crippen LogP contribution in [-0.4, -0.2) is 41.3 Å². The predicted octanol–water partition coefficient (Wildman–Crippen LogP) is 3.09. The first kappa shape index (κ1) is 22.8. The number of carbonyl (C=O) groups excluding carboxylic acids is 3. The molecule has 2 unspecified atom stereocenters. The van der Waals surface area contributed by atoms with Gasteiger partial charge in [0.1, 0.15) is 11.5 Å². The average molecular weight is 449 g/mol. The van der Waals surface area contributed by atoms with Gasteiger partial charge in [-0.2, -0.15) is 5.16 Å². The van der Waals surface area contributed by atoms with Crippen molar-refractivity contribution < 1.29 is 23.6 Å². The maximum absolute atomic E-state index is 13.2. The van der Waals surface area contributed by atoms with Crippen molar-refractivity contribution in [3.05, 3.63) is 51.0 Å². The molecule has 31 heavy (non-hydrogen) atoms. The van der Waals surface area contributed by atoms with E-state index in [1.54, 1.807) is 18.2 Å². The number of hydrogen-bond acceptors (Lipinski definition) is 6. The Balaban J connectivity index is 1.80. The van der Waals surface area contributed by atoms with Gasteiger partial charge in [-0.1, -0.05) is 18.5 Å². The number of H-pyrrole nitrogens is 1. The number of rotatable bonds is 7. The summed E-state index contributed by atoms with van der Waals surface area (Å²) in [6.45, 7) is 1.61. The number of nitrogens with zero attached hydrogens (tertiary/aromatic N) is 1. The van der Waals surface area contributed by atoms with E-state index in [-0.39, 0.29) is 37.0 Å². The molecule has 0 spiro atoms. The maximum atomic E-state index is 13.2. The number of aromatic amines is 1. The molecule has 2 amide bonds. The predicted molar refractivity (Wildman–Crippen MR) is 113 cm³/mol. The topological polar surface area (TPSA) is 110 Å². The molecule has 1 aromatic carbocycles. The van der Waals surface area contributed by atoms with E-state index >= 15 is 0 Å². The highest BCUT2D eigenvalue weighted by Gasteiger charge is 2.35. The lowest BCUT2D eigenvalue weighted by Gasteiger charge is -2.24. The van der Waals surface area contributed by atoms with Crippen molar-refractivity contribution in [2.75, 3.05) is 13.7 Å². The second kappa shape index (κ2) is 9.96. The molecule has 1 N–H and O–H groups in total. The molecule has 1 saturated heterocycles. The van der Waals surface area contributed by atoms with Gasteiger partial charge in [-0.25, -0.2) is 0 Å². The second-order valence-electron chi connectivity index (χ2n) is 7.68. The van der Waals surface area contributed by atoms with Crippen LogP contribution in [0.4, 0.5) is 0 Å². The molecule has 0 radical (unpaired) electrons. The number of carbonyl (C=O) groups is 3. The zero-order valence-corrected chi connectivity index (χ0v) is 18.2. The number of amides is 2. The first-order chi connectivity index (χ1) is 14.8. The van der Waals surface area contributed by atoms with Gasteiger partial charge in [0.05, 0.1) is 13.7 Å². The van der Waals surface area contributed by atoms with Gasteiger partial charge in [0.2, 0.25) is 11.8 Å². The number of hydrogen-bond donors (Lipinski definition) is 1. The number of benzene rings is 1. The number of likely N-dealkylation sites (tertiary alicyclic amines) is 1. The fourth-order valence-corrected chi connectivity index (χ4v) is 4.05. The Morgan fingerprint density at radius 2 is 2.10 bits per heavy atom. The number of imide groups is 1.